The van der Waals surface area contributed by atoms with Gasteiger partial charge in [0.05, 0.1) is 0 Å². The van der Waals surface area contributed by atoms with Gasteiger partial charge in [-0.1, -0.05) is 24.3 Å². The number of carbonyl (C=O) groups excluding carboxylic acids is 1. The quantitative estimate of drug-likeness (QED) is 0.624. The first-order valence-electron chi connectivity index (χ1n) is 6.26. The van der Waals surface area contributed by atoms with Gasteiger partial charge in [-0.15, -0.1) is 0 Å². The van der Waals surface area contributed by atoms with Crippen molar-refractivity contribution >= 4 is 5.97 Å². The van der Waals surface area contributed by atoms with Crippen LogP contribution in [-0.2, 0) is 9.68 Å². The predicted molar refractivity (Wildman–Crippen MR) is 74.8 cm³/mol. The molecule has 2 aromatic carbocycles. The minimum absolute atomic E-state index is 0.455. The molecule has 0 spiro atoms. The number of carbonyl (C=O) groups is 1. The Hall–Kier alpha value is -2.49. The molecule has 20 heavy (non-hydrogen) atoms. The summed E-state index contributed by atoms with van der Waals surface area (Å²) in [7, 11) is 0. The van der Waals surface area contributed by atoms with Crippen LogP contribution in [0.5, 0.6) is 17.2 Å². The first-order valence-corrected chi connectivity index (χ1v) is 6.26. The lowest BCUT2D eigenvalue weighted by Gasteiger charge is -2.14. The van der Waals surface area contributed by atoms with Gasteiger partial charge in [-0.25, -0.2) is 4.79 Å². The van der Waals surface area contributed by atoms with E-state index in [-0.39, 0.29) is 0 Å². The minimum atomic E-state index is -0.504. The molecule has 0 radical (unpaired) electrons. The summed E-state index contributed by atoms with van der Waals surface area (Å²) in [6, 6.07) is 13.1. The van der Waals surface area contributed by atoms with Crippen molar-refractivity contribution in [2.75, 3.05) is 0 Å². The Morgan fingerprint density at radius 2 is 1.70 bits per heavy atom. The van der Waals surface area contributed by atoms with Crippen LogP contribution in [0.1, 0.15) is 18.1 Å². The highest BCUT2D eigenvalue weighted by Crippen LogP contribution is 2.34. The Morgan fingerprint density at radius 3 is 2.35 bits per heavy atom. The molecular formula is C16H16O4. The fraction of sp³-hybridized carbons (Fsp3) is 0.188. The van der Waals surface area contributed by atoms with Gasteiger partial charge in [-0.05, 0) is 37.6 Å². The molecule has 0 bridgehead atoms. The summed E-state index contributed by atoms with van der Waals surface area (Å²) in [5.41, 5.74) is 1.75. The van der Waals surface area contributed by atoms with E-state index in [0.717, 1.165) is 16.9 Å². The lowest BCUT2D eigenvalue weighted by molar-refractivity contribution is -0.211. The first kappa shape index (κ1) is 13.9. The molecule has 0 saturated carbocycles. The maximum atomic E-state index is 10.8. The van der Waals surface area contributed by atoms with Crippen molar-refractivity contribution in [1.29, 1.82) is 0 Å². The van der Waals surface area contributed by atoms with Crippen molar-refractivity contribution in [3.8, 4) is 17.2 Å². The second kappa shape index (κ2) is 6.10. The number of rotatable bonds is 4. The molecule has 0 unspecified atom stereocenters. The minimum Gasteiger partial charge on any atom is -0.457 e. The number of benzene rings is 2. The summed E-state index contributed by atoms with van der Waals surface area (Å²) < 4.78 is 5.87. The Bertz CT molecular complexity index is 605. The zero-order valence-corrected chi connectivity index (χ0v) is 11.7. The zero-order valence-electron chi connectivity index (χ0n) is 11.7. The van der Waals surface area contributed by atoms with Gasteiger partial charge in [0.1, 0.15) is 11.5 Å². The smallest absolute Gasteiger partial charge is 0.352 e. The van der Waals surface area contributed by atoms with Crippen LogP contribution in [-0.4, -0.2) is 5.97 Å². The monoisotopic (exact) mass is 272 g/mol. The molecule has 0 fully saturated rings. The van der Waals surface area contributed by atoms with E-state index in [4.69, 9.17) is 9.62 Å². The van der Waals surface area contributed by atoms with Gasteiger partial charge in [-0.3, -0.25) is 9.78 Å². The molecule has 4 nitrogen and oxygen atoms in total. The molecule has 0 aliphatic rings. The average Bonchev–Trinajstić information content (AvgIpc) is 2.43. The largest absolute Gasteiger partial charge is 0.457 e. The van der Waals surface area contributed by atoms with E-state index in [2.05, 4.69) is 4.89 Å². The second-order valence-electron chi connectivity index (χ2n) is 4.41. The van der Waals surface area contributed by atoms with Crippen LogP contribution in [0.4, 0.5) is 0 Å². The van der Waals surface area contributed by atoms with Gasteiger partial charge >= 0.3 is 5.97 Å². The van der Waals surface area contributed by atoms with Crippen LogP contribution >= 0.6 is 0 Å². The molecule has 0 atom stereocenters. The van der Waals surface area contributed by atoms with Gasteiger partial charge in [0.25, 0.3) is 0 Å². The van der Waals surface area contributed by atoms with Crippen molar-refractivity contribution in [2.45, 2.75) is 20.8 Å². The lowest BCUT2D eigenvalue weighted by atomic mass is 10.1. The summed E-state index contributed by atoms with van der Waals surface area (Å²) in [5.74, 6) is 1.39. The van der Waals surface area contributed by atoms with E-state index in [9.17, 15) is 4.79 Å². The SMILES string of the molecule is CC(=O)OOc1ccc(C)c(Oc2ccccc2)c1C. The van der Waals surface area contributed by atoms with Crippen LogP contribution in [0.25, 0.3) is 0 Å². The molecule has 2 rings (SSSR count). The third-order valence-electron chi connectivity index (χ3n) is 2.76. The van der Waals surface area contributed by atoms with E-state index in [0.29, 0.717) is 11.5 Å². The fourth-order valence-corrected chi connectivity index (χ4v) is 1.77. The predicted octanol–water partition coefficient (Wildman–Crippen LogP) is 3.95. The maximum absolute atomic E-state index is 10.8. The van der Waals surface area contributed by atoms with E-state index in [1.54, 1.807) is 6.07 Å². The van der Waals surface area contributed by atoms with Crippen LogP contribution in [0, 0.1) is 13.8 Å². The zero-order chi connectivity index (χ0) is 14.5. The molecule has 0 aliphatic carbocycles. The highest BCUT2D eigenvalue weighted by molar-refractivity contribution is 5.65. The lowest BCUT2D eigenvalue weighted by Crippen LogP contribution is -2.04. The summed E-state index contributed by atoms with van der Waals surface area (Å²) in [5, 5.41) is 0. The number of hydrogen-bond donors (Lipinski definition) is 0. The van der Waals surface area contributed by atoms with E-state index in [1.807, 2.05) is 50.2 Å². The van der Waals surface area contributed by atoms with Gasteiger partial charge in [0.2, 0.25) is 0 Å². The first-order chi connectivity index (χ1) is 9.58. The molecule has 0 N–H and O–H groups in total. The van der Waals surface area contributed by atoms with Crippen LogP contribution in [0.3, 0.4) is 0 Å². The van der Waals surface area contributed by atoms with Crippen molar-refractivity contribution < 1.29 is 19.3 Å². The van der Waals surface area contributed by atoms with Crippen LogP contribution in [0.2, 0.25) is 0 Å². The molecule has 104 valence electrons. The van der Waals surface area contributed by atoms with Crippen molar-refractivity contribution in [3.05, 3.63) is 53.6 Å². The van der Waals surface area contributed by atoms with Gasteiger partial charge < -0.3 is 4.74 Å². The Labute approximate surface area is 117 Å². The molecular weight excluding hydrogens is 256 g/mol. The van der Waals surface area contributed by atoms with Crippen molar-refractivity contribution in [3.63, 3.8) is 0 Å². The van der Waals surface area contributed by atoms with Crippen LogP contribution in [0.15, 0.2) is 42.5 Å². The Balaban J connectivity index is 2.27. The summed E-state index contributed by atoms with van der Waals surface area (Å²) >= 11 is 0. The van der Waals surface area contributed by atoms with E-state index < -0.39 is 5.97 Å². The third kappa shape index (κ3) is 3.29. The molecule has 0 aromatic heterocycles. The fourth-order valence-electron chi connectivity index (χ4n) is 1.77. The average molecular weight is 272 g/mol. The third-order valence-corrected chi connectivity index (χ3v) is 2.76. The van der Waals surface area contributed by atoms with E-state index >= 15 is 0 Å². The standard InChI is InChI=1S/C16H16O4/c1-11-9-10-15(20-19-13(3)17)12(2)16(11)18-14-7-5-4-6-8-14/h4-10H,1-3H3. The molecule has 2 aromatic rings. The van der Waals surface area contributed by atoms with Crippen molar-refractivity contribution in [2.24, 2.45) is 0 Å². The van der Waals surface area contributed by atoms with Gasteiger partial charge in [0.15, 0.2) is 5.75 Å². The molecule has 0 amide bonds. The molecule has 0 aliphatic heterocycles. The maximum Gasteiger partial charge on any atom is 0.352 e. The van der Waals surface area contributed by atoms with Gasteiger partial charge in [-0.2, -0.15) is 0 Å². The molecule has 4 heteroatoms. The Kier molecular flexibility index (Phi) is 4.25. The number of para-hydroxylation sites is 1. The highest BCUT2D eigenvalue weighted by atomic mass is 17.2. The number of aryl methyl sites for hydroxylation is 1. The highest BCUT2D eigenvalue weighted by Gasteiger charge is 2.12. The summed E-state index contributed by atoms with van der Waals surface area (Å²) in [4.78, 5) is 20.4. The van der Waals surface area contributed by atoms with E-state index in [1.165, 1.54) is 6.92 Å². The topological polar surface area (TPSA) is 44.8 Å². The number of ether oxygens (including phenoxy) is 1. The normalized spacial score (nSPS) is 9.95. The number of hydrogen-bond acceptors (Lipinski definition) is 4. The Morgan fingerprint density at radius 1 is 1.00 bits per heavy atom. The van der Waals surface area contributed by atoms with Gasteiger partial charge in [0, 0.05) is 12.5 Å². The second-order valence-corrected chi connectivity index (χ2v) is 4.41. The van der Waals surface area contributed by atoms with Crippen LogP contribution < -0.4 is 9.62 Å². The summed E-state index contributed by atoms with van der Waals surface area (Å²) in [6.07, 6.45) is 0. The summed E-state index contributed by atoms with van der Waals surface area (Å²) in [6.45, 7) is 5.08. The molecule has 0 saturated heterocycles. The van der Waals surface area contributed by atoms with Crippen molar-refractivity contribution in [1.82, 2.24) is 0 Å². The molecule has 0 heterocycles.